The summed E-state index contributed by atoms with van der Waals surface area (Å²) in [5.74, 6) is 2.14. The van der Waals surface area contributed by atoms with Gasteiger partial charge in [-0.3, -0.25) is 0 Å². The van der Waals surface area contributed by atoms with Gasteiger partial charge in [0.25, 0.3) is 0 Å². The van der Waals surface area contributed by atoms with E-state index >= 15 is 0 Å². The summed E-state index contributed by atoms with van der Waals surface area (Å²) in [7, 11) is 0. The summed E-state index contributed by atoms with van der Waals surface area (Å²) in [5.41, 5.74) is 0. The summed E-state index contributed by atoms with van der Waals surface area (Å²) < 4.78 is 0. The Morgan fingerprint density at radius 1 is 1.00 bits per heavy atom. The lowest BCUT2D eigenvalue weighted by Crippen LogP contribution is -2.27. The molecule has 0 saturated heterocycles. The fourth-order valence-electron chi connectivity index (χ4n) is 1.52. The van der Waals surface area contributed by atoms with Crippen molar-refractivity contribution >= 4 is 11.6 Å². The summed E-state index contributed by atoms with van der Waals surface area (Å²) in [5, 5.41) is 0. The number of alkyl halides is 1. The summed E-state index contributed by atoms with van der Waals surface area (Å²) in [6.45, 7) is 13.4. The van der Waals surface area contributed by atoms with Crippen LogP contribution in [0.15, 0.2) is 0 Å². The average Bonchev–Trinajstić information content (AvgIpc) is 1.96. The van der Waals surface area contributed by atoms with Gasteiger partial charge in [-0.2, -0.15) is 0 Å². The molecule has 0 heterocycles. The van der Waals surface area contributed by atoms with Gasteiger partial charge in [-0.1, -0.05) is 40.5 Å². The average molecular weight is 205 g/mol. The lowest BCUT2D eigenvalue weighted by atomic mass is 9.82. The maximum atomic E-state index is 6.29. The first-order chi connectivity index (χ1) is 5.75. The van der Waals surface area contributed by atoms with Crippen molar-refractivity contribution < 1.29 is 0 Å². The molecule has 0 aromatic rings. The zero-order chi connectivity index (χ0) is 10.6. The molecule has 0 aromatic heterocycles. The molecule has 2 atom stereocenters. The maximum Gasteiger partial charge on any atom is 0.0418 e. The van der Waals surface area contributed by atoms with Crippen LogP contribution in [-0.2, 0) is 0 Å². The number of rotatable bonds is 5. The Kier molecular flexibility index (Phi) is 5.36. The van der Waals surface area contributed by atoms with E-state index < -0.39 is 0 Å². The lowest BCUT2D eigenvalue weighted by Gasteiger charge is -2.30. The third kappa shape index (κ3) is 5.57. The molecular formula is C12H25Cl. The predicted molar refractivity (Wildman–Crippen MR) is 62.3 cm³/mol. The first-order valence-corrected chi connectivity index (χ1v) is 5.81. The van der Waals surface area contributed by atoms with E-state index in [2.05, 4.69) is 41.5 Å². The Labute approximate surface area is 89.1 Å². The molecule has 0 bridgehead atoms. The quantitative estimate of drug-likeness (QED) is 0.569. The van der Waals surface area contributed by atoms with Crippen molar-refractivity contribution in [3.63, 3.8) is 0 Å². The van der Waals surface area contributed by atoms with Crippen LogP contribution in [-0.4, -0.2) is 4.87 Å². The molecule has 0 N–H and O–H groups in total. The molecule has 0 aliphatic rings. The minimum Gasteiger partial charge on any atom is -0.120 e. The summed E-state index contributed by atoms with van der Waals surface area (Å²) >= 11 is 6.29. The van der Waals surface area contributed by atoms with E-state index in [1.807, 2.05) is 0 Å². The van der Waals surface area contributed by atoms with Gasteiger partial charge in [0.2, 0.25) is 0 Å². The lowest BCUT2D eigenvalue weighted by molar-refractivity contribution is 0.286. The maximum absolute atomic E-state index is 6.29. The van der Waals surface area contributed by atoms with Crippen molar-refractivity contribution in [3.8, 4) is 0 Å². The van der Waals surface area contributed by atoms with Gasteiger partial charge in [-0.15, -0.1) is 11.6 Å². The molecule has 0 aliphatic carbocycles. The van der Waals surface area contributed by atoms with Crippen LogP contribution in [0, 0.1) is 17.8 Å². The van der Waals surface area contributed by atoms with Crippen molar-refractivity contribution in [2.24, 2.45) is 17.8 Å². The molecule has 0 nitrogen and oxygen atoms in total. The zero-order valence-electron chi connectivity index (χ0n) is 10.0. The second-order valence-electron chi connectivity index (χ2n) is 5.30. The summed E-state index contributed by atoms with van der Waals surface area (Å²) in [6, 6.07) is 0. The summed E-state index contributed by atoms with van der Waals surface area (Å²) in [4.78, 5) is -0.0591. The van der Waals surface area contributed by atoms with Gasteiger partial charge in [0.15, 0.2) is 0 Å². The predicted octanol–water partition coefficient (Wildman–Crippen LogP) is 4.71. The highest BCUT2D eigenvalue weighted by molar-refractivity contribution is 6.23. The van der Waals surface area contributed by atoms with E-state index in [-0.39, 0.29) is 4.87 Å². The monoisotopic (exact) mass is 204 g/mol. The van der Waals surface area contributed by atoms with Gasteiger partial charge in [0.1, 0.15) is 0 Å². The SMILES string of the molecule is CC(C)CCC(C)C(C)C(C)(C)Cl. The highest BCUT2D eigenvalue weighted by atomic mass is 35.5. The third-order valence-electron chi connectivity index (χ3n) is 3.14. The van der Waals surface area contributed by atoms with Crippen LogP contribution in [0.1, 0.15) is 54.4 Å². The van der Waals surface area contributed by atoms with Crippen molar-refractivity contribution in [1.82, 2.24) is 0 Å². The van der Waals surface area contributed by atoms with Gasteiger partial charge >= 0.3 is 0 Å². The topological polar surface area (TPSA) is 0 Å². The van der Waals surface area contributed by atoms with Crippen LogP contribution in [0.5, 0.6) is 0 Å². The van der Waals surface area contributed by atoms with Crippen LogP contribution < -0.4 is 0 Å². The van der Waals surface area contributed by atoms with Crippen LogP contribution in [0.3, 0.4) is 0 Å². The van der Waals surface area contributed by atoms with E-state index in [0.29, 0.717) is 5.92 Å². The second-order valence-corrected chi connectivity index (χ2v) is 6.28. The number of hydrogen-bond donors (Lipinski definition) is 0. The fourth-order valence-corrected chi connectivity index (χ4v) is 1.74. The van der Waals surface area contributed by atoms with Gasteiger partial charge in [0.05, 0.1) is 0 Å². The third-order valence-corrected chi connectivity index (χ3v) is 3.48. The van der Waals surface area contributed by atoms with Crippen LogP contribution in [0.2, 0.25) is 0 Å². The highest BCUT2D eigenvalue weighted by Crippen LogP contribution is 2.32. The molecular weight excluding hydrogens is 180 g/mol. The van der Waals surface area contributed by atoms with Crippen LogP contribution >= 0.6 is 11.6 Å². The molecule has 0 rings (SSSR count). The molecule has 0 aliphatic heterocycles. The molecule has 0 aromatic carbocycles. The number of halogens is 1. The Hall–Kier alpha value is 0.290. The Morgan fingerprint density at radius 3 is 1.77 bits per heavy atom. The molecule has 2 unspecified atom stereocenters. The molecule has 13 heavy (non-hydrogen) atoms. The molecule has 0 saturated carbocycles. The minimum atomic E-state index is -0.0591. The van der Waals surface area contributed by atoms with Crippen molar-refractivity contribution in [2.75, 3.05) is 0 Å². The van der Waals surface area contributed by atoms with Gasteiger partial charge < -0.3 is 0 Å². The Bertz CT molecular complexity index is 133. The molecule has 0 radical (unpaired) electrons. The highest BCUT2D eigenvalue weighted by Gasteiger charge is 2.27. The van der Waals surface area contributed by atoms with Crippen LogP contribution in [0.25, 0.3) is 0 Å². The van der Waals surface area contributed by atoms with E-state index in [9.17, 15) is 0 Å². The molecule has 0 spiro atoms. The first-order valence-electron chi connectivity index (χ1n) is 5.44. The smallest absolute Gasteiger partial charge is 0.0418 e. The van der Waals surface area contributed by atoms with Gasteiger partial charge in [-0.05, 0) is 31.6 Å². The van der Waals surface area contributed by atoms with Crippen molar-refractivity contribution in [2.45, 2.75) is 59.3 Å². The first kappa shape index (κ1) is 13.3. The number of hydrogen-bond acceptors (Lipinski definition) is 0. The van der Waals surface area contributed by atoms with Crippen molar-refractivity contribution in [1.29, 1.82) is 0 Å². The van der Waals surface area contributed by atoms with E-state index in [4.69, 9.17) is 11.6 Å². The molecule has 0 fully saturated rings. The van der Waals surface area contributed by atoms with E-state index in [1.165, 1.54) is 12.8 Å². The summed E-state index contributed by atoms with van der Waals surface area (Å²) in [6.07, 6.45) is 2.62. The fraction of sp³-hybridized carbons (Fsp3) is 1.00. The van der Waals surface area contributed by atoms with E-state index in [0.717, 1.165) is 11.8 Å². The van der Waals surface area contributed by atoms with Crippen molar-refractivity contribution in [3.05, 3.63) is 0 Å². The van der Waals surface area contributed by atoms with Gasteiger partial charge in [-0.25, -0.2) is 0 Å². The van der Waals surface area contributed by atoms with Crippen LogP contribution in [0.4, 0.5) is 0 Å². The van der Waals surface area contributed by atoms with Gasteiger partial charge in [0, 0.05) is 4.87 Å². The zero-order valence-corrected chi connectivity index (χ0v) is 10.8. The minimum absolute atomic E-state index is 0.0591. The molecule has 80 valence electrons. The largest absolute Gasteiger partial charge is 0.120 e. The van der Waals surface area contributed by atoms with E-state index in [1.54, 1.807) is 0 Å². The Morgan fingerprint density at radius 2 is 1.46 bits per heavy atom. The normalized spacial score (nSPS) is 17.5. The molecule has 0 amide bonds. The standard InChI is InChI=1S/C12H25Cl/c1-9(2)7-8-10(3)11(4)12(5,6)13/h9-11H,7-8H2,1-6H3. The molecule has 1 heteroatoms. The Balaban J connectivity index is 3.90. The second kappa shape index (κ2) is 5.24.